The van der Waals surface area contributed by atoms with Gasteiger partial charge in [-0.2, -0.15) is 0 Å². The van der Waals surface area contributed by atoms with Crippen LogP contribution in [0.25, 0.3) is 0 Å². The fraction of sp³-hybridized carbons (Fsp3) is 0.467. The molecule has 4 nitrogen and oxygen atoms in total. The summed E-state index contributed by atoms with van der Waals surface area (Å²) in [5.41, 5.74) is 7.39. The molecule has 1 aromatic rings. The van der Waals surface area contributed by atoms with Crippen LogP contribution in [0.4, 0.5) is 0 Å². The third kappa shape index (κ3) is 4.37. The van der Waals surface area contributed by atoms with Crippen LogP contribution >= 0.6 is 0 Å². The summed E-state index contributed by atoms with van der Waals surface area (Å²) in [7, 11) is -1.57. The predicted molar refractivity (Wildman–Crippen MR) is 82.8 cm³/mol. The largest absolute Gasteiger partial charge is 0.492 e. The SMILES string of the molecule is C=CC(CCC)C(N)Oc1ccc(CC)cc1B(O)O. The van der Waals surface area contributed by atoms with Crippen molar-refractivity contribution in [3.63, 3.8) is 0 Å². The van der Waals surface area contributed by atoms with Crippen LogP contribution in [-0.4, -0.2) is 23.4 Å². The quantitative estimate of drug-likeness (QED) is 0.379. The van der Waals surface area contributed by atoms with Gasteiger partial charge in [-0.25, -0.2) is 0 Å². The molecule has 0 radical (unpaired) electrons. The van der Waals surface area contributed by atoms with Gasteiger partial charge in [0.05, 0.1) is 0 Å². The number of ether oxygens (including phenoxy) is 1. The van der Waals surface area contributed by atoms with E-state index < -0.39 is 13.3 Å². The molecule has 0 heterocycles. The fourth-order valence-corrected chi connectivity index (χ4v) is 2.11. The molecule has 0 bridgehead atoms. The molecule has 20 heavy (non-hydrogen) atoms. The molecule has 0 aliphatic heterocycles. The van der Waals surface area contributed by atoms with E-state index in [1.54, 1.807) is 18.2 Å². The summed E-state index contributed by atoms with van der Waals surface area (Å²) in [4.78, 5) is 0. The van der Waals surface area contributed by atoms with Crippen molar-refractivity contribution in [1.82, 2.24) is 0 Å². The predicted octanol–water partition coefficient (Wildman–Crippen LogP) is 1.19. The van der Waals surface area contributed by atoms with Gasteiger partial charge in [-0.3, -0.25) is 5.73 Å². The Balaban J connectivity index is 2.93. The van der Waals surface area contributed by atoms with E-state index in [4.69, 9.17) is 10.5 Å². The molecule has 1 rings (SSSR count). The zero-order chi connectivity index (χ0) is 15.1. The van der Waals surface area contributed by atoms with Gasteiger partial charge >= 0.3 is 7.12 Å². The topological polar surface area (TPSA) is 75.7 Å². The molecule has 2 unspecified atom stereocenters. The van der Waals surface area contributed by atoms with Crippen molar-refractivity contribution in [3.05, 3.63) is 36.4 Å². The highest BCUT2D eigenvalue weighted by Gasteiger charge is 2.21. The monoisotopic (exact) mass is 277 g/mol. The summed E-state index contributed by atoms with van der Waals surface area (Å²) in [6.07, 6.45) is 3.92. The lowest BCUT2D eigenvalue weighted by molar-refractivity contribution is 0.158. The van der Waals surface area contributed by atoms with Gasteiger partial charge in [0.2, 0.25) is 0 Å². The molecule has 0 amide bonds. The summed E-state index contributed by atoms with van der Waals surface area (Å²) in [6, 6.07) is 5.37. The van der Waals surface area contributed by atoms with Gasteiger partial charge in [0, 0.05) is 11.4 Å². The Hall–Kier alpha value is -1.30. The van der Waals surface area contributed by atoms with Crippen LogP contribution in [0.5, 0.6) is 5.75 Å². The molecule has 0 aliphatic rings. The average molecular weight is 277 g/mol. The summed E-state index contributed by atoms with van der Waals surface area (Å²) in [5.74, 6) is 0.446. The highest BCUT2D eigenvalue weighted by molar-refractivity contribution is 6.59. The van der Waals surface area contributed by atoms with Crippen molar-refractivity contribution < 1.29 is 14.8 Å². The first-order valence-electron chi connectivity index (χ1n) is 7.07. The molecule has 4 N–H and O–H groups in total. The first-order chi connectivity index (χ1) is 9.53. The van der Waals surface area contributed by atoms with Crippen molar-refractivity contribution in [3.8, 4) is 5.75 Å². The Kier molecular flexibility index (Phi) is 6.78. The van der Waals surface area contributed by atoms with Gasteiger partial charge in [-0.1, -0.05) is 38.5 Å². The van der Waals surface area contributed by atoms with Crippen molar-refractivity contribution >= 4 is 12.6 Å². The van der Waals surface area contributed by atoms with E-state index in [0.717, 1.165) is 24.8 Å². The number of aryl methyl sites for hydroxylation is 1. The lowest BCUT2D eigenvalue weighted by atomic mass is 9.78. The second-order valence-corrected chi connectivity index (χ2v) is 4.87. The Morgan fingerprint density at radius 2 is 2.10 bits per heavy atom. The van der Waals surface area contributed by atoms with Crippen LogP contribution in [0.15, 0.2) is 30.9 Å². The fourth-order valence-electron chi connectivity index (χ4n) is 2.11. The molecule has 0 saturated carbocycles. The third-order valence-corrected chi connectivity index (χ3v) is 3.37. The Morgan fingerprint density at radius 1 is 1.40 bits per heavy atom. The van der Waals surface area contributed by atoms with Crippen LogP contribution in [0.3, 0.4) is 0 Å². The number of rotatable bonds is 8. The second kappa shape index (κ2) is 8.09. The van der Waals surface area contributed by atoms with Gasteiger partial charge in [0.15, 0.2) is 6.23 Å². The molecular formula is C15H24BNO3. The minimum atomic E-state index is -1.57. The number of benzene rings is 1. The van der Waals surface area contributed by atoms with E-state index in [9.17, 15) is 10.0 Å². The molecule has 0 fully saturated rings. The van der Waals surface area contributed by atoms with Crippen LogP contribution < -0.4 is 15.9 Å². The molecular weight excluding hydrogens is 253 g/mol. The minimum absolute atomic E-state index is 0.0366. The number of hydrogen-bond acceptors (Lipinski definition) is 4. The maximum atomic E-state index is 9.45. The minimum Gasteiger partial charge on any atom is -0.475 e. The van der Waals surface area contributed by atoms with Crippen LogP contribution in [-0.2, 0) is 6.42 Å². The lowest BCUT2D eigenvalue weighted by Gasteiger charge is -2.23. The van der Waals surface area contributed by atoms with Gasteiger partial charge in [0.25, 0.3) is 0 Å². The van der Waals surface area contributed by atoms with Crippen molar-refractivity contribution in [2.75, 3.05) is 0 Å². The Morgan fingerprint density at radius 3 is 2.60 bits per heavy atom. The van der Waals surface area contributed by atoms with E-state index in [1.807, 2.05) is 13.0 Å². The smallest absolute Gasteiger partial charge is 0.475 e. The maximum absolute atomic E-state index is 9.45. The van der Waals surface area contributed by atoms with E-state index in [1.165, 1.54) is 0 Å². The normalized spacial score (nSPS) is 13.7. The van der Waals surface area contributed by atoms with Crippen molar-refractivity contribution in [1.29, 1.82) is 0 Å². The molecule has 2 atom stereocenters. The van der Waals surface area contributed by atoms with Crippen molar-refractivity contribution in [2.24, 2.45) is 11.7 Å². The van der Waals surface area contributed by atoms with Gasteiger partial charge in [0.1, 0.15) is 5.75 Å². The summed E-state index contributed by atoms with van der Waals surface area (Å²) >= 11 is 0. The van der Waals surface area contributed by atoms with E-state index in [-0.39, 0.29) is 5.92 Å². The Labute approximate surface area is 121 Å². The lowest BCUT2D eigenvalue weighted by Crippen LogP contribution is -2.39. The molecule has 0 aromatic heterocycles. The van der Waals surface area contributed by atoms with E-state index in [0.29, 0.717) is 11.2 Å². The van der Waals surface area contributed by atoms with Crippen molar-refractivity contribution in [2.45, 2.75) is 39.3 Å². The standard InChI is InChI=1S/C15H24BNO3/c1-4-7-12(6-3)15(17)20-14-9-8-11(5-2)10-13(14)16(18)19/h6,8-10,12,15,18-19H,3-5,7,17H2,1-2H3. The van der Waals surface area contributed by atoms with Crippen LogP contribution in [0.2, 0.25) is 0 Å². The highest BCUT2D eigenvalue weighted by Crippen LogP contribution is 2.17. The summed E-state index contributed by atoms with van der Waals surface area (Å²) in [5, 5.41) is 18.9. The zero-order valence-electron chi connectivity index (χ0n) is 12.2. The molecule has 0 saturated heterocycles. The third-order valence-electron chi connectivity index (χ3n) is 3.37. The molecule has 1 aromatic carbocycles. The molecule has 0 aliphatic carbocycles. The average Bonchev–Trinajstić information content (AvgIpc) is 2.44. The van der Waals surface area contributed by atoms with Gasteiger partial charge < -0.3 is 14.8 Å². The first-order valence-corrected chi connectivity index (χ1v) is 7.07. The number of nitrogens with two attached hydrogens (primary N) is 1. The zero-order valence-corrected chi connectivity index (χ0v) is 12.2. The maximum Gasteiger partial charge on any atom is 0.492 e. The summed E-state index contributed by atoms with van der Waals surface area (Å²) in [6.45, 7) is 7.84. The van der Waals surface area contributed by atoms with Crippen LogP contribution in [0, 0.1) is 5.92 Å². The first kappa shape index (κ1) is 16.8. The van der Waals surface area contributed by atoms with Gasteiger partial charge in [-0.15, -0.1) is 6.58 Å². The highest BCUT2D eigenvalue weighted by atomic mass is 16.5. The molecule has 0 spiro atoms. The molecule has 5 heteroatoms. The number of hydrogen-bond donors (Lipinski definition) is 3. The van der Waals surface area contributed by atoms with E-state index >= 15 is 0 Å². The Bertz CT molecular complexity index is 437. The van der Waals surface area contributed by atoms with Gasteiger partial charge in [-0.05, 0) is 24.5 Å². The molecule has 110 valence electrons. The second-order valence-electron chi connectivity index (χ2n) is 4.87. The van der Waals surface area contributed by atoms with Crippen LogP contribution in [0.1, 0.15) is 32.3 Å². The summed E-state index contributed by atoms with van der Waals surface area (Å²) < 4.78 is 5.70. The van der Waals surface area contributed by atoms with E-state index in [2.05, 4.69) is 13.5 Å².